The molecule has 0 aliphatic carbocycles. The summed E-state index contributed by atoms with van der Waals surface area (Å²) < 4.78 is 0. The van der Waals surface area contributed by atoms with Gasteiger partial charge >= 0.3 is 0 Å². The lowest BCUT2D eigenvalue weighted by Crippen LogP contribution is -2.34. The van der Waals surface area contributed by atoms with E-state index in [1.165, 1.54) is 58.2 Å². The summed E-state index contributed by atoms with van der Waals surface area (Å²) in [6.45, 7) is 8.63. The Morgan fingerprint density at radius 1 is 1.08 bits per heavy atom. The number of nitrogens with zero attached hydrogens (tertiary/aromatic N) is 1. The SMILES string of the molecule is CCCCC1CCN(CCC)CC1. The molecule has 0 unspecified atom stereocenters. The molecular formula is C12H25N. The lowest BCUT2D eigenvalue weighted by molar-refractivity contribution is 0.178. The summed E-state index contributed by atoms with van der Waals surface area (Å²) in [6, 6.07) is 0. The Kier molecular flexibility index (Phi) is 5.45. The summed E-state index contributed by atoms with van der Waals surface area (Å²) in [5, 5.41) is 0. The second-order valence-corrected chi connectivity index (χ2v) is 4.43. The summed E-state index contributed by atoms with van der Waals surface area (Å²) in [5.41, 5.74) is 0. The van der Waals surface area contributed by atoms with Gasteiger partial charge in [0.15, 0.2) is 0 Å². The monoisotopic (exact) mass is 183 g/mol. The third kappa shape index (κ3) is 4.12. The Hall–Kier alpha value is -0.0400. The van der Waals surface area contributed by atoms with E-state index in [1.807, 2.05) is 0 Å². The predicted octanol–water partition coefficient (Wildman–Crippen LogP) is 3.30. The summed E-state index contributed by atoms with van der Waals surface area (Å²) in [5.74, 6) is 1.05. The molecule has 1 heterocycles. The summed E-state index contributed by atoms with van der Waals surface area (Å²) in [7, 11) is 0. The molecular weight excluding hydrogens is 158 g/mol. The fraction of sp³-hybridized carbons (Fsp3) is 1.00. The maximum absolute atomic E-state index is 2.63. The molecule has 0 bridgehead atoms. The summed E-state index contributed by atoms with van der Waals surface area (Å²) >= 11 is 0. The smallest absolute Gasteiger partial charge is 0.00161 e. The van der Waals surface area contributed by atoms with Crippen LogP contribution in [0.25, 0.3) is 0 Å². The first-order valence-electron chi connectivity index (χ1n) is 6.09. The molecule has 1 saturated heterocycles. The van der Waals surface area contributed by atoms with Gasteiger partial charge in [-0.05, 0) is 44.8 Å². The van der Waals surface area contributed by atoms with E-state index >= 15 is 0 Å². The van der Waals surface area contributed by atoms with Gasteiger partial charge in [-0.25, -0.2) is 0 Å². The third-order valence-electron chi connectivity index (χ3n) is 3.21. The minimum atomic E-state index is 1.05. The molecule has 0 amide bonds. The lowest BCUT2D eigenvalue weighted by Gasteiger charge is -2.31. The number of piperidine rings is 1. The molecule has 0 spiro atoms. The van der Waals surface area contributed by atoms with Gasteiger partial charge in [0.1, 0.15) is 0 Å². The van der Waals surface area contributed by atoms with Gasteiger partial charge in [-0.15, -0.1) is 0 Å². The van der Waals surface area contributed by atoms with Crippen LogP contribution in [0.1, 0.15) is 52.4 Å². The third-order valence-corrected chi connectivity index (χ3v) is 3.21. The fourth-order valence-corrected chi connectivity index (χ4v) is 2.31. The fourth-order valence-electron chi connectivity index (χ4n) is 2.31. The van der Waals surface area contributed by atoms with Crippen LogP contribution in [-0.2, 0) is 0 Å². The van der Waals surface area contributed by atoms with Crippen LogP contribution in [-0.4, -0.2) is 24.5 Å². The maximum Gasteiger partial charge on any atom is -0.00161 e. The topological polar surface area (TPSA) is 3.24 Å². The molecule has 0 aromatic rings. The Bertz CT molecular complexity index is 114. The Labute approximate surface area is 83.5 Å². The van der Waals surface area contributed by atoms with E-state index < -0.39 is 0 Å². The van der Waals surface area contributed by atoms with E-state index in [4.69, 9.17) is 0 Å². The molecule has 1 nitrogen and oxygen atoms in total. The lowest BCUT2D eigenvalue weighted by atomic mass is 9.92. The Balaban J connectivity index is 2.08. The van der Waals surface area contributed by atoms with Crippen molar-refractivity contribution in [3.8, 4) is 0 Å². The van der Waals surface area contributed by atoms with Gasteiger partial charge in [0.25, 0.3) is 0 Å². The maximum atomic E-state index is 2.63. The van der Waals surface area contributed by atoms with Crippen LogP contribution in [0.4, 0.5) is 0 Å². The van der Waals surface area contributed by atoms with Crippen LogP contribution < -0.4 is 0 Å². The molecule has 1 aliphatic rings. The van der Waals surface area contributed by atoms with Gasteiger partial charge in [-0.1, -0.05) is 33.1 Å². The summed E-state index contributed by atoms with van der Waals surface area (Å²) in [6.07, 6.45) is 8.53. The Morgan fingerprint density at radius 3 is 2.31 bits per heavy atom. The molecule has 1 heteroatoms. The number of hydrogen-bond acceptors (Lipinski definition) is 1. The molecule has 0 saturated carbocycles. The van der Waals surface area contributed by atoms with Gasteiger partial charge < -0.3 is 4.90 Å². The largest absolute Gasteiger partial charge is 0.303 e. The van der Waals surface area contributed by atoms with Crippen molar-refractivity contribution in [2.24, 2.45) is 5.92 Å². The molecule has 78 valence electrons. The van der Waals surface area contributed by atoms with E-state index in [0.717, 1.165) is 5.92 Å². The van der Waals surface area contributed by atoms with E-state index in [2.05, 4.69) is 18.7 Å². The number of likely N-dealkylation sites (tertiary alicyclic amines) is 1. The standard InChI is InChI=1S/C12H25N/c1-3-5-6-12-7-10-13(9-4-2)11-8-12/h12H,3-11H2,1-2H3. The highest BCUT2D eigenvalue weighted by Gasteiger charge is 2.17. The van der Waals surface area contributed by atoms with Gasteiger partial charge in [0.2, 0.25) is 0 Å². The van der Waals surface area contributed by atoms with Crippen molar-refractivity contribution >= 4 is 0 Å². The molecule has 0 aromatic heterocycles. The zero-order valence-corrected chi connectivity index (χ0v) is 9.39. The highest BCUT2D eigenvalue weighted by atomic mass is 15.1. The van der Waals surface area contributed by atoms with Crippen molar-refractivity contribution in [3.05, 3.63) is 0 Å². The second kappa shape index (κ2) is 6.42. The molecule has 1 aliphatic heterocycles. The molecule has 0 radical (unpaired) electrons. The van der Waals surface area contributed by atoms with Crippen LogP contribution in [0.2, 0.25) is 0 Å². The molecule has 0 N–H and O–H groups in total. The first-order valence-corrected chi connectivity index (χ1v) is 6.09. The number of rotatable bonds is 5. The van der Waals surface area contributed by atoms with Crippen LogP contribution >= 0.6 is 0 Å². The Morgan fingerprint density at radius 2 is 1.77 bits per heavy atom. The van der Waals surface area contributed by atoms with Crippen LogP contribution in [0, 0.1) is 5.92 Å². The average molecular weight is 183 g/mol. The van der Waals surface area contributed by atoms with E-state index in [0.29, 0.717) is 0 Å². The van der Waals surface area contributed by atoms with Gasteiger partial charge in [0, 0.05) is 0 Å². The van der Waals surface area contributed by atoms with Crippen LogP contribution in [0.3, 0.4) is 0 Å². The van der Waals surface area contributed by atoms with Crippen molar-refractivity contribution in [1.29, 1.82) is 0 Å². The van der Waals surface area contributed by atoms with Crippen molar-refractivity contribution in [3.63, 3.8) is 0 Å². The predicted molar refractivity (Wildman–Crippen MR) is 59.0 cm³/mol. The first-order chi connectivity index (χ1) is 6.36. The minimum Gasteiger partial charge on any atom is -0.303 e. The highest BCUT2D eigenvalue weighted by molar-refractivity contribution is 4.71. The van der Waals surface area contributed by atoms with Gasteiger partial charge in [-0.2, -0.15) is 0 Å². The van der Waals surface area contributed by atoms with Crippen molar-refractivity contribution < 1.29 is 0 Å². The summed E-state index contributed by atoms with van der Waals surface area (Å²) in [4.78, 5) is 2.63. The zero-order valence-electron chi connectivity index (χ0n) is 9.39. The first kappa shape index (κ1) is 11.0. The van der Waals surface area contributed by atoms with Gasteiger partial charge in [0.05, 0.1) is 0 Å². The molecule has 0 aromatic carbocycles. The van der Waals surface area contributed by atoms with E-state index in [1.54, 1.807) is 0 Å². The van der Waals surface area contributed by atoms with Crippen molar-refractivity contribution in [1.82, 2.24) is 4.90 Å². The normalized spacial score (nSPS) is 20.8. The molecule has 0 atom stereocenters. The second-order valence-electron chi connectivity index (χ2n) is 4.43. The van der Waals surface area contributed by atoms with E-state index in [-0.39, 0.29) is 0 Å². The highest BCUT2D eigenvalue weighted by Crippen LogP contribution is 2.22. The molecule has 13 heavy (non-hydrogen) atoms. The van der Waals surface area contributed by atoms with E-state index in [9.17, 15) is 0 Å². The average Bonchev–Trinajstić information content (AvgIpc) is 2.17. The van der Waals surface area contributed by atoms with Crippen molar-refractivity contribution in [2.75, 3.05) is 19.6 Å². The molecule has 1 rings (SSSR count). The quantitative estimate of drug-likeness (QED) is 0.632. The minimum absolute atomic E-state index is 1.05. The van der Waals surface area contributed by atoms with Crippen molar-refractivity contribution in [2.45, 2.75) is 52.4 Å². The van der Waals surface area contributed by atoms with Crippen LogP contribution in [0.15, 0.2) is 0 Å². The zero-order chi connectivity index (χ0) is 9.52. The number of hydrogen-bond donors (Lipinski definition) is 0. The number of unbranched alkanes of at least 4 members (excludes halogenated alkanes) is 1. The van der Waals surface area contributed by atoms with Gasteiger partial charge in [-0.3, -0.25) is 0 Å². The molecule has 1 fully saturated rings. The van der Waals surface area contributed by atoms with Crippen LogP contribution in [0.5, 0.6) is 0 Å².